The lowest BCUT2D eigenvalue weighted by molar-refractivity contribution is 0.0950. The average Bonchev–Trinajstić information content (AvgIpc) is 2.65. The van der Waals surface area contributed by atoms with E-state index in [0.717, 1.165) is 14.2 Å². The summed E-state index contributed by atoms with van der Waals surface area (Å²) in [6, 6.07) is 13.8. The van der Waals surface area contributed by atoms with E-state index in [-0.39, 0.29) is 5.91 Å². The lowest BCUT2D eigenvalue weighted by Crippen LogP contribution is -2.37. The van der Waals surface area contributed by atoms with Crippen molar-refractivity contribution < 1.29 is 17.9 Å². The zero-order chi connectivity index (χ0) is 19.3. The van der Waals surface area contributed by atoms with Crippen LogP contribution in [0.25, 0.3) is 0 Å². The number of nitrogens with one attached hydrogen (secondary N) is 1. The molecule has 0 unspecified atom stereocenters. The number of rotatable bonds is 7. The Bertz CT molecular complexity index is 864. The number of hydrogen-bond donors (Lipinski definition) is 1. The van der Waals surface area contributed by atoms with Crippen LogP contribution in [0, 0.1) is 0 Å². The second-order valence-electron chi connectivity index (χ2n) is 5.80. The summed E-state index contributed by atoms with van der Waals surface area (Å²) in [6.07, 6.45) is 0. The first-order valence-corrected chi connectivity index (χ1v) is 9.33. The Morgan fingerprint density at radius 3 is 2.23 bits per heavy atom. The van der Waals surface area contributed by atoms with Gasteiger partial charge in [-0.05, 0) is 30.3 Å². The number of anilines is 1. The van der Waals surface area contributed by atoms with E-state index in [2.05, 4.69) is 5.32 Å². The third kappa shape index (κ3) is 4.33. The Balaban J connectivity index is 2.07. The minimum Gasteiger partial charge on any atom is -0.496 e. The fourth-order valence-corrected chi connectivity index (χ4v) is 3.21. The molecule has 0 radical (unpaired) electrons. The maximum atomic E-state index is 12.3. The Hall–Kier alpha value is -2.58. The largest absolute Gasteiger partial charge is 0.496 e. The zero-order valence-corrected chi connectivity index (χ0v) is 16.1. The van der Waals surface area contributed by atoms with E-state index in [4.69, 9.17) is 4.74 Å². The molecule has 0 aliphatic heterocycles. The van der Waals surface area contributed by atoms with Crippen LogP contribution in [0.5, 0.6) is 5.75 Å². The molecular weight excluding hydrogens is 354 g/mol. The molecule has 1 N–H and O–H groups in total. The van der Waals surface area contributed by atoms with Gasteiger partial charge in [-0.15, -0.1) is 0 Å². The summed E-state index contributed by atoms with van der Waals surface area (Å²) in [5.74, 6) is 0.458. The van der Waals surface area contributed by atoms with Crippen LogP contribution in [0.3, 0.4) is 0 Å². The molecule has 0 heterocycles. The second kappa shape index (κ2) is 8.20. The van der Waals surface area contributed by atoms with Crippen LogP contribution in [0.4, 0.5) is 5.69 Å². The lowest BCUT2D eigenvalue weighted by atomic mass is 10.1. The van der Waals surface area contributed by atoms with Gasteiger partial charge >= 0.3 is 10.2 Å². The molecule has 0 aliphatic carbocycles. The van der Waals surface area contributed by atoms with E-state index in [9.17, 15) is 13.2 Å². The van der Waals surface area contributed by atoms with Crippen molar-refractivity contribution in [3.8, 4) is 5.75 Å². The maximum Gasteiger partial charge on any atom is 0.303 e. The molecule has 2 aromatic rings. The van der Waals surface area contributed by atoms with Crippen molar-refractivity contribution in [3.05, 3.63) is 59.7 Å². The molecule has 0 spiro atoms. The standard InChI is InChI=1S/C18H23N3O4S/c1-20(2)26(23,24)21(3)16-11-9-14(10-12-16)18(22)19-13-15-7-5-6-8-17(15)25-4/h5-12H,13H2,1-4H3,(H,19,22). The molecule has 26 heavy (non-hydrogen) atoms. The molecule has 140 valence electrons. The highest BCUT2D eigenvalue weighted by Crippen LogP contribution is 2.19. The highest BCUT2D eigenvalue weighted by atomic mass is 32.2. The number of para-hydroxylation sites is 1. The SMILES string of the molecule is COc1ccccc1CNC(=O)c1ccc(N(C)S(=O)(=O)N(C)C)cc1. The summed E-state index contributed by atoms with van der Waals surface area (Å²) in [5.41, 5.74) is 1.79. The molecule has 2 aromatic carbocycles. The van der Waals surface area contributed by atoms with E-state index in [1.165, 1.54) is 21.1 Å². The second-order valence-corrected chi connectivity index (χ2v) is 7.97. The van der Waals surface area contributed by atoms with Gasteiger partial charge in [0.25, 0.3) is 5.91 Å². The third-order valence-corrected chi connectivity index (χ3v) is 5.76. The van der Waals surface area contributed by atoms with Gasteiger partial charge in [0.15, 0.2) is 0 Å². The van der Waals surface area contributed by atoms with Crippen LogP contribution in [-0.2, 0) is 16.8 Å². The van der Waals surface area contributed by atoms with Crippen LogP contribution in [0.1, 0.15) is 15.9 Å². The topological polar surface area (TPSA) is 79.0 Å². The van der Waals surface area contributed by atoms with Crippen molar-refractivity contribution in [3.63, 3.8) is 0 Å². The van der Waals surface area contributed by atoms with Gasteiger partial charge in [0.1, 0.15) is 5.75 Å². The molecule has 8 heteroatoms. The summed E-state index contributed by atoms with van der Waals surface area (Å²) in [5, 5.41) is 2.83. The highest BCUT2D eigenvalue weighted by molar-refractivity contribution is 7.90. The smallest absolute Gasteiger partial charge is 0.303 e. The normalized spacial score (nSPS) is 11.3. The Kier molecular flexibility index (Phi) is 6.23. The fraction of sp³-hybridized carbons (Fsp3) is 0.278. The van der Waals surface area contributed by atoms with E-state index in [0.29, 0.717) is 23.5 Å². The number of nitrogens with zero attached hydrogens (tertiary/aromatic N) is 2. The molecular formula is C18H23N3O4S. The first-order valence-electron chi connectivity index (χ1n) is 7.94. The van der Waals surface area contributed by atoms with Crippen molar-refractivity contribution in [1.29, 1.82) is 0 Å². The van der Waals surface area contributed by atoms with Crippen molar-refractivity contribution in [2.45, 2.75) is 6.54 Å². The molecule has 0 atom stereocenters. The summed E-state index contributed by atoms with van der Waals surface area (Å²) < 4.78 is 31.8. The van der Waals surface area contributed by atoms with Crippen LogP contribution in [-0.4, -0.2) is 46.9 Å². The minimum atomic E-state index is -3.56. The molecule has 0 aliphatic rings. The van der Waals surface area contributed by atoms with Gasteiger partial charge in [-0.1, -0.05) is 18.2 Å². The summed E-state index contributed by atoms with van der Waals surface area (Å²) in [4.78, 5) is 12.3. The monoisotopic (exact) mass is 377 g/mol. The summed E-state index contributed by atoms with van der Waals surface area (Å²) in [6.45, 7) is 0.333. The number of carbonyl (C=O) groups excluding carboxylic acids is 1. The quantitative estimate of drug-likeness (QED) is 0.799. The van der Waals surface area contributed by atoms with Crippen LogP contribution in [0.2, 0.25) is 0 Å². The number of carbonyl (C=O) groups is 1. The lowest BCUT2D eigenvalue weighted by Gasteiger charge is -2.23. The van der Waals surface area contributed by atoms with Gasteiger partial charge in [0, 0.05) is 38.8 Å². The third-order valence-electron chi connectivity index (χ3n) is 3.93. The molecule has 2 rings (SSSR count). The fourth-order valence-electron chi connectivity index (χ4n) is 2.33. The average molecular weight is 377 g/mol. The van der Waals surface area contributed by atoms with Gasteiger partial charge < -0.3 is 10.1 Å². The number of methoxy groups -OCH3 is 1. The number of amides is 1. The molecule has 0 aromatic heterocycles. The number of benzene rings is 2. The predicted molar refractivity (Wildman–Crippen MR) is 102 cm³/mol. The van der Waals surface area contributed by atoms with Gasteiger partial charge in [0.2, 0.25) is 0 Å². The first-order chi connectivity index (χ1) is 12.3. The van der Waals surface area contributed by atoms with Crippen LogP contribution >= 0.6 is 0 Å². The Morgan fingerprint density at radius 2 is 1.65 bits per heavy atom. The van der Waals surface area contributed by atoms with Gasteiger partial charge in [0.05, 0.1) is 12.8 Å². The minimum absolute atomic E-state index is 0.249. The Labute approximate surface area is 154 Å². The van der Waals surface area contributed by atoms with Gasteiger partial charge in [-0.3, -0.25) is 9.10 Å². The van der Waals surface area contributed by atoms with Crippen molar-refractivity contribution in [2.24, 2.45) is 0 Å². The Morgan fingerprint density at radius 1 is 1.04 bits per heavy atom. The van der Waals surface area contributed by atoms with E-state index < -0.39 is 10.2 Å². The maximum absolute atomic E-state index is 12.3. The highest BCUT2D eigenvalue weighted by Gasteiger charge is 2.21. The van der Waals surface area contributed by atoms with Gasteiger partial charge in [-0.25, -0.2) is 0 Å². The van der Waals surface area contributed by atoms with Crippen molar-refractivity contribution >= 4 is 21.8 Å². The molecule has 0 saturated heterocycles. The van der Waals surface area contributed by atoms with Crippen molar-refractivity contribution in [2.75, 3.05) is 32.6 Å². The summed E-state index contributed by atoms with van der Waals surface area (Å²) >= 11 is 0. The molecule has 0 bridgehead atoms. The number of hydrogen-bond acceptors (Lipinski definition) is 4. The first kappa shape index (κ1) is 19.7. The molecule has 7 nitrogen and oxygen atoms in total. The van der Waals surface area contributed by atoms with E-state index >= 15 is 0 Å². The van der Waals surface area contributed by atoms with Crippen LogP contribution < -0.4 is 14.4 Å². The zero-order valence-electron chi connectivity index (χ0n) is 15.3. The molecule has 0 fully saturated rings. The van der Waals surface area contributed by atoms with Crippen LogP contribution in [0.15, 0.2) is 48.5 Å². The predicted octanol–water partition coefficient (Wildman–Crippen LogP) is 1.87. The van der Waals surface area contributed by atoms with E-state index in [1.54, 1.807) is 31.4 Å². The molecule has 0 saturated carbocycles. The van der Waals surface area contributed by atoms with E-state index in [1.807, 2.05) is 24.3 Å². The number of ether oxygens (including phenoxy) is 1. The summed E-state index contributed by atoms with van der Waals surface area (Å²) in [7, 11) is 2.41. The van der Waals surface area contributed by atoms with Gasteiger partial charge in [-0.2, -0.15) is 12.7 Å². The van der Waals surface area contributed by atoms with Crippen molar-refractivity contribution in [1.82, 2.24) is 9.62 Å². The molecule has 1 amide bonds.